The van der Waals surface area contributed by atoms with Crippen LogP contribution in [0.25, 0.3) is 0 Å². The average Bonchev–Trinajstić information content (AvgIpc) is 2.79. The van der Waals surface area contributed by atoms with Crippen molar-refractivity contribution in [1.29, 1.82) is 0 Å². The molecular formula is C9H12N2O3S. The second-order valence-corrected chi connectivity index (χ2v) is 4.74. The van der Waals surface area contributed by atoms with Gasteiger partial charge in [-0.05, 0) is 0 Å². The molecule has 0 aromatic carbocycles. The maximum atomic E-state index is 11.2. The second kappa shape index (κ2) is 4.34. The summed E-state index contributed by atoms with van der Waals surface area (Å²) >= 11 is 1.55. The summed E-state index contributed by atoms with van der Waals surface area (Å²) in [5.74, 6) is 1.11. The molecule has 2 heterocycles. The number of nitrogens with one attached hydrogen (secondary N) is 1. The highest BCUT2D eigenvalue weighted by Crippen LogP contribution is 2.35. The van der Waals surface area contributed by atoms with E-state index in [4.69, 9.17) is 9.52 Å². The predicted octanol–water partition coefficient (Wildman–Crippen LogP) is -0.103. The Morgan fingerprint density at radius 1 is 1.80 bits per heavy atom. The highest BCUT2D eigenvalue weighted by atomic mass is 32.2. The molecule has 82 valence electrons. The summed E-state index contributed by atoms with van der Waals surface area (Å²) in [6.45, 7) is 1.20. The second-order valence-electron chi connectivity index (χ2n) is 3.32. The first-order chi connectivity index (χ1) is 7.30. The molecule has 1 saturated heterocycles. The fourth-order valence-corrected chi connectivity index (χ4v) is 2.63. The highest BCUT2D eigenvalue weighted by Gasteiger charge is 2.37. The van der Waals surface area contributed by atoms with Crippen LogP contribution >= 0.6 is 11.8 Å². The van der Waals surface area contributed by atoms with Gasteiger partial charge in [0.1, 0.15) is 29.6 Å². The fraction of sp³-hybridized carbons (Fsp3) is 0.556. The Bertz CT molecular complexity index is 347. The molecule has 0 saturated carbocycles. The molecule has 1 aliphatic heterocycles. The van der Waals surface area contributed by atoms with Gasteiger partial charge in [-0.3, -0.25) is 0 Å². The lowest BCUT2D eigenvalue weighted by Gasteiger charge is -2.29. The van der Waals surface area contributed by atoms with E-state index in [9.17, 15) is 4.79 Å². The van der Waals surface area contributed by atoms with E-state index in [1.165, 1.54) is 6.26 Å². The number of carbonyl (C=O) groups is 1. The molecular weight excluding hydrogens is 216 g/mol. The summed E-state index contributed by atoms with van der Waals surface area (Å²) < 4.78 is 4.38. The van der Waals surface area contributed by atoms with Gasteiger partial charge in [-0.1, -0.05) is 0 Å². The number of aldehydes is 1. The summed E-state index contributed by atoms with van der Waals surface area (Å²) in [7, 11) is 0. The monoisotopic (exact) mass is 228 g/mol. The van der Waals surface area contributed by atoms with E-state index in [2.05, 4.69) is 10.3 Å². The zero-order valence-corrected chi connectivity index (χ0v) is 8.92. The summed E-state index contributed by atoms with van der Waals surface area (Å²) in [6.07, 6.45) is 2.34. The number of oxazole rings is 1. The fourth-order valence-electron chi connectivity index (χ4n) is 1.51. The van der Waals surface area contributed by atoms with Crippen LogP contribution < -0.4 is 5.32 Å². The Hall–Kier alpha value is -0.850. The van der Waals surface area contributed by atoms with Crippen molar-refractivity contribution in [3.05, 3.63) is 17.8 Å². The molecule has 1 atom stereocenters. The Labute approximate surface area is 91.3 Å². The van der Waals surface area contributed by atoms with Crippen LogP contribution in [0.5, 0.6) is 0 Å². The first kappa shape index (κ1) is 10.7. The van der Waals surface area contributed by atoms with Gasteiger partial charge in [0, 0.05) is 18.8 Å². The van der Waals surface area contributed by atoms with E-state index in [1.54, 1.807) is 11.8 Å². The molecule has 2 rings (SSSR count). The molecule has 0 radical (unpaired) electrons. The Morgan fingerprint density at radius 3 is 3.20 bits per heavy atom. The number of aliphatic hydroxyl groups is 1. The molecule has 15 heavy (non-hydrogen) atoms. The molecule has 0 amide bonds. The summed E-state index contributed by atoms with van der Waals surface area (Å²) in [4.78, 5) is 15.3. The Balaban J connectivity index is 2.27. The molecule has 0 bridgehead atoms. The van der Waals surface area contributed by atoms with Crippen molar-refractivity contribution in [3.8, 4) is 0 Å². The van der Waals surface area contributed by atoms with Crippen molar-refractivity contribution >= 4 is 18.0 Å². The number of aromatic nitrogens is 1. The smallest absolute Gasteiger partial charge is 0.220 e. The topological polar surface area (TPSA) is 75.4 Å². The molecule has 1 aromatic rings. The molecule has 1 aliphatic rings. The predicted molar refractivity (Wildman–Crippen MR) is 55.5 cm³/mol. The number of hydrogen-bond donors (Lipinski definition) is 2. The van der Waals surface area contributed by atoms with Crippen molar-refractivity contribution in [2.24, 2.45) is 0 Å². The van der Waals surface area contributed by atoms with E-state index in [-0.39, 0.29) is 12.5 Å². The molecule has 1 aromatic heterocycles. The van der Waals surface area contributed by atoms with E-state index in [0.29, 0.717) is 12.2 Å². The number of aliphatic hydroxyl groups excluding tert-OH is 1. The van der Waals surface area contributed by atoms with Gasteiger partial charge in [-0.2, -0.15) is 0 Å². The van der Waals surface area contributed by atoms with E-state index in [0.717, 1.165) is 18.6 Å². The minimum absolute atomic E-state index is 0.243. The average molecular weight is 228 g/mol. The van der Waals surface area contributed by atoms with Gasteiger partial charge in [0.05, 0.1) is 0 Å². The normalized spacial score (nSPS) is 26.5. The maximum absolute atomic E-state index is 11.2. The molecule has 6 heteroatoms. The van der Waals surface area contributed by atoms with Crippen molar-refractivity contribution in [3.63, 3.8) is 0 Å². The number of thioether (sulfide) groups is 1. The number of carbonyl (C=O) groups excluding carboxylic acids is 1. The van der Waals surface area contributed by atoms with Crippen LogP contribution in [0.3, 0.4) is 0 Å². The number of rotatable bonds is 3. The van der Waals surface area contributed by atoms with Crippen LogP contribution in [-0.2, 0) is 16.1 Å². The summed E-state index contributed by atoms with van der Waals surface area (Å²) in [5.41, 5.74) is 0.582. The number of nitrogens with zero attached hydrogens (tertiary/aromatic N) is 1. The van der Waals surface area contributed by atoms with Gasteiger partial charge in [-0.25, -0.2) is 4.98 Å². The standard InChI is InChI=1S/C9H12N2O3S/c12-3-8-11-7(4-14-8)9(6-13)5-10-1-2-15-9/h4,6,10,12H,1-3,5H2. The highest BCUT2D eigenvalue weighted by molar-refractivity contribution is 8.00. The first-order valence-corrected chi connectivity index (χ1v) is 5.66. The minimum atomic E-state index is -0.658. The first-order valence-electron chi connectivity index (χ1n) is 4.67. The van der Waals surface area contributed by atoms with E-state index >= 15 is 0 Å². The van der Waals surface area contributed by atoms with Crippen LogP contribution in [0.15, 0.2) is 10.7 Å². The van der Waals surface area contributed by atoms with Crippen LogP contribution in [0.4, 0.5) is 0 Å². The lowest BCUT2D eigenvalue weighted by atomic mass is 10.1. The maximum Gasteiger partial charge on any atom is 0.220 e. The largest absolute Gasteiger partial charge is 0.446 e. The minimum Gasteiger partial charge on any atom is -0.446 e. The molecule has 0 spiro atoms. The molecule has 1 unspecified atom stereocenters. The summed E-state index contributed by atoms with van der Waals surface area (Å²) in [6, 6.07) is 0. The third-order valence-corrected chi connectivity index (χ3v) is 3.71. The lowest BCUT2D eigenvalue weighted by molar-refractivity contribution is -0.110. The zero-order chi connectivity index (χ0) is 10.7. The summed E-state index contributed by atoms with van der Waals surface area (Å²) in [5, 5.41) is 12.0. The van der Waals surface area contributed by atoms with Crippen LogP contribution in [0.1, 0.15) is 11.6 Å². The third kappa shape index (κ3) is 1.92. The van der Waals surface area contributed by atoms with Crippen molar-refractivity contribution < 1.29 is 14.3 Å². The quantitative estimate of drug-likeness (QED) is 0.703. The zero-order valence-electron chi connectivity index (χ0n) is 8.10. The van der Waals surface area contributed by atoms with Crippen molar-refractivity contribution in [2.75, 3.05) is 18.8 Å². The third-order valence-electron chi connectivity index (χ3n) is 2.34. The van der Waals surface area contributed by atoms with Crippen LogP contribution in [-0.4, -0.2) is 35.2 Å². The van der Waals surface area contributed by atoms with Gasteiger partial charge in [0.2, 0.25) is 5.89 Å². The van der Waals surface area contributed by atoms with E-state index in [1.807, 2.05) is 0 Å². The molecule has 2 N–H and O–H groups in total. The number of hydrogen-bond acceptors (Lipinski definition) is 6. The van der Waals surface area contributed by atoms with Gasteiger partial charge in [0.15, 0.2) is 0 Å². The Kier molecular flexibility index (Phi) is 3.08. The lowest BCUT2D eigenvalue weighted by Crippen LogP contribution is -2.43. The molecule has 1 fully saturated rings. The molecule has 0 aliphatic carbocycles. The van der Waals surface area contributed by atoms with E-state index < -0.39 is 4.75 Å². The van der Waals surface area contributed by atoms with Crippen LogP contribution in [0.2, 0.25) is 0 Å². The van der Waals surface area contributed by atoms with Gasteiger partial charge in [-0.15, -0.1) is 11.8 Å². The van der Waals surface area contributed by atoms with Gasteiger partial charge >= 0.3 is 0 Å². The van der Waals surface area contributed by atoms with Crippen LogP contribution in [0, 0.1) is 0 Å². The van der Waals surface area contributed by atoms with Crippen molar-refractivity contribution in [2.45, 2.75) is 11.4 Å². The van der Waals surface area contributed by atoms with Crippen molar-refractivity contribution in [1.82, 2.24) is 10.3 Å². The molecule has 5 nitrogen and oxygen atoms in total. The SMILES string of the molecule is O=CC1(c2coc(CO)n2)CNCCS1. The van der Waals surface area contributed by atoms with Gasteiger partial charge < -0.3 is 19.6 Å². The Morgan fingerprint density at radius 2 is 2.67 bits per heavy atom. The van der Waals surface area contributed by atoms with Gasteiger partial charge in [0.25, 0.3) is 0 Å².